The quantitative estimate of drug-likeness (QED) is 0.292. The second-order valence-corrected chi connectivity index (χ2v) is 11.9. The average Bonchev–Trinajstić information content (AvgIpc) is 3.37. The van der Waals surface area contributed by atoms with Gasteiger partial charge in [-0.2, -0.15) is 0 Å². The Hall–Kier alpha value is -3.36. The minimum absolute atomic E-state index is 0.334. The number of allylic oxidation sites excluding steroid dienone is 2. The Morgan fingerprint density at radius 2 is 1.03 bits per heavy atom. The summed E-state index contributed by atoms with van der Waals surface area (Å²) < 4.78 is 1.25. The van der Waals surface area contributed by atoms with Crippen LogP contribution in [-0.4, -0.2) is 23.6 Å². The molecule has 3 fully saturated rings. The number of benzene rings is 3. The summed E-state index contributed by atoms with van der Waals surface area (Å²) in [4.78, 5) is 59.2. The largest absolute Gasteiger partial charge is 0.274 e. The zero-order valence-electron chi connectivity index (χ0n) is 19.8. The van der Waals surface area contributed by atoms with Crippen molar-refractivity contribution in [3.8, 4) is 0 Å². The molecular formula is C30H20Br2N2O4. The minimum Gasteiger partial charge on any atom is -0.274 e. The fraction of sp³-hybridized carbons (Fsp3) is 0.200. The lowest BCUT2D eigenvalue weighted by atomic mass is 9.45. The summed E-state index contributed by atoms with van der Waals surface area (Å²) in [5.74, 6) is -5.05. The zero-order valence-corrected chi connectivity index (χ0v) is 23.0. The first kappa shape index (κ1) is 23.7. The first-order valence-corrected chi connectivity index (χ1v) is 14.0. The fourth-order valence-corrected chi connectivity index (χ4v) is 8.14. The van der Waals surface area contributed by atoms with Crippen molar-refractivity contribution in [1.82, 2.24) is 0 Å². The van der Waals surface area contributed by atoms with Gasteiger partial charge in [0.2, 0.25) is 23.6 Å². The van der Waals surface area contributed by atoms with Gasteiger partial charge < -0.3 is 0 Å². The molecule has 2 bridgehead atoms. The molecule has 4 amide bonds. The van der Waals surface area contributed by atoms with Crippen LogP contribution in [0.15, 0.2) is 100.0 Å². The van der Waals surface area contributed by atoms with E-state index in [1.54, 1.807) is 36.4 Å². The van der Waals surface area contributed by atoms with Crippen molar-refractivity contribution in [2.45, 2.75) is 5.41 Å². The number of rotatable bonds is 3. The number of anilines is 2. The minimum atomic E-state index is -1.14. The van der Waals surface area contributed by atoms with Gasteiger partial charge in [0.25, 0.3) is 0 Å². The molecule has 3 aliphatic carbocycles. The Bertz CT molecular complexity index is 1500. The van der Waals surface area contributed by atoms with Crippen LogP contribution >= 0.6 is 31.9 Å². The van der Waals surface area contributed by atoms with Gasteiger partial charge in [0, 0.05) is 20.3 Å². The van der Waals surface area contributed by atoms with Gasteiger partial charge in [0.1, 0.15) is 0 Å². The molecule has 0 aromatic heterocycles. The van der Waals surface area contributed by atoms with Gasteiger partial charge in [-0.3, -0.25) is 19.2 Å². The van der Waals surface area contributed by atoms with E-state index in [9.17, 15) is 19.2 Å². The van der Waals surface area contributed by atoms with Gasteiger partial charge in [-0.05, 0) is 61.7 Å². The lowest BCUT2D eigenvalue weighted by Gasteiger charge is -2.53. The Kier molecular flexibility index (Phi) is 5.20. The summed E-state index contributed by atoms with van der Waals surface area (Å²) in [7, 11) is 0. The van der Waals surface area contributed by atoms with Gasteiger partial charge in [0.15, 0.2) is 0 Å². The topological polar surface area (TPSA) is 74.8 Å². The summed E-state index contributed by atoms with van der Waals surface area (Å²) in [6, 6.07) is 23.6. The molecule has 2 aliphatic heterocycles. The maximum absolute atomic E-state index is 14.3. The first-order valence-electron chi connectivity index (χ1n) is 12.4. The van der Waals surface area contributed by atoms with Crippen LogP contribution in [0.1, 0.15) is 5.56 Å². The van der Waals surface area contributed by atoms with E-state index in [1.165, 1.54) is 9.80 Å². The zero-order chi connectivity index (χ0) is 26.3. The summed E-state index contributed by atoms with van der Waals surface area (Å²) >= 11 is 6.98. The van der Waals surface area contributed by atoms with Crippen molar-refractivity contribution in [1.29, 1.82) is 0 Å². The number of carbonyl (C=O) groups is 4. The van der Waals surface area contributed by atoms with E-state index in [-0.39, 0.29) is 23.6 Å². The molecule has 2 saturated heterocycles. The van der Waals surface area contributed by atoms with Crippen molar-refractivity contribution >= 4 is 66.9 Å². The monoisotopic (exact) mass is 630 g/mol. The molecule has 3 aromatic rings. The highest BCUT2D eigenvalue weighted by atomic mass is 79.9. The Morgan fingerprint density at radius 1 is 0.579 bits per heavy atom. The van der Waals surface area contributed by atoms with Crippen LogP contribution in [0.2, 0.25) is 0 Å². The van der Waals surface area contributed by atoms with Gasteiger partial charge in [0.05, 0.1) is 35.0 Å². The molecule has 6 nitrogen and oxygen atoms in total. The average molecular weight is 632 g/mol. The molecule has 3 aromatic carbocycles. The summed E-state index contributed by atoms with van der Waals surface area (Å²) in [6.07, 6.45) is 3.83. The van der Waals surface area contributed by atoms with Gasteiger partial charge in [-0.15, -0.1) is 0 Å². The standard InChI is InChI=1S/C30H20Br2N2O4/c31-18-10-4-6-12-20(18)33-26(35)22-17-14-15-30(24(22)28(33)37,16-8-2-1-3-9-16)25-23(17)27(36)34(29(25)38)21-13-7-5-11-19(21)32/h1-15,17,22-25H/t17?,22-,23-,24+,25+,30?/m1/s1. The van der Waals surface area contributed by atoms with Crippen molar-refractivity contribution in [3.63, 3.8) is 0 Å². The Labute approximate surface area is 235 Å². The normalized spacial score (nSPS) is 31.3. The number of carbonyl (C=O) groups excluding carboxylic acids is 4. The molecule has 0 N–H and O–H groups in total. The highest BCUT2D eigenvalue weighted by molar-refractivity contribution is 9.11. The van der Waals surface area contributed by atoms with Crippen LogP contribution in [-0.2, 0) is 24.6 Å². The summed E-state index contributed by atoms with van der Waals surface area (Å²) in [6.45, 7) is 0. The number of nitrogens with zero attached hydrogens (tertiary/aromatic N) is 2. The third-order valence-corrected chi connectivity index (χ3v) is 9.96. The molecule has 2 heterocycles. The van der Waals surface area contributed by atoms with E-state index in [4.69, 9.17) is 0 Å². The fourth-order valence-electron chi connectivity index (χ4n) is 7.22. The molecule has 8 heteroatoms. The molecule has 0 spiro atoms. The number of para-hydroxylation sites is 2. The molecule has 0 unspecified atom stereocenters. The summed E-state index contributed by atoms with van der Waals surface area (Å²) in [5.41, 5.74) is 0.551. The van der Waals surface area contributed by atoms with Gasteiger partial charge >= 0.3 is 0 Å². The van der Waals surface area contributed by atoms with Crippen LogP contribution in [0.4, 0.5) is 11.4 Å². The number of amides is 4. The number of halogens is 2. The van der Waals surface area contributed by atoms with Crippen molar-refractivity contribution in [3.05, 3.63) is 106 Å². The van der Waals surface area contributed by atoms with E-state index < -0.39 is 35.0 Å². The maximum Gasteiger partial charge on any atom is 0.238 e. The van der Waals surface area contributed by atoms with Crippen LogP contribution in [0.25, 0.3) is 0 Å². The third kappa shape index (κ3) is 2.87. The second kappa shape index (κ2) is 8.32. The van der Waals surface area contributed by atoms with E-state index in [0.717, 1.165) is 5.56 Å². The number of hydrogen-bond donors (Lipinski definition) is 0. The van der Waals surface area contributed by atoms with Gasteiger partial charge in [-0.1, -0.05) is 66.7 Å². The number of imide groups is 2. The predicted molar refractivity (Wildman–Crippen MR) is 148 cm³/mol. The van der Waals surface area contributed by atoms with E-state index in [2.05, 4.69) is 31.9 Å². The lowest BCUT2D eigenvalue weighted by molar-refractivity contribution is -0.140. The van der Waals surface area contributed by atoms with Crippen LogP contribution in [0.5, 0.6) is 0 Å². The van der Waals surface area contributed by atoms with E-state index in [1.807, 2.05) is 54.6 Å². The van der Waals surface area contributed by atoms with Crippen LogP contribution in [0, 0.1) is 29.6 Å². The predicted octanol–water partition coefficient (Wildman–Crippen LogP) is 5.26. The van der Waals surface area contributed by atoms with Crippen molar-refractivity contribution < 1.29 is 19.2 Å². The van der Waals surface area contributed by atoms with Crippen LogP contribution < -0.4 is 9.80 Å². The molecule has 38 heavy (non-hydrogen) atoms. The van der Waals surface area contributed by atoms with E-state index >= 15 is 0 Å². The highest BCUT2D eigenvalue weighted by Crippen LogP contribution is 2.65. The Balaban J connectivity index is 1.45. The molecule has 188 valence electrons. The molecule has 5 aliphatic rings. The SMILES string of the molecule is O=C1[C@@H]2C3C=CC(c4ccccc4)([C@@H]2C(=O)N1c1ccccc1Br)[C@@H]1C(=O)N(c2ccccc2Br)C(=O)[C@H]31. The summed E-state index contributed by atoms with van der Waals surface area (Å²) in [5, 5.41) is 0. The third-order valence-electron chi connectivity index (χ3n) is 8.62. The molecule has 0 radical (unpaired) electrons. The van der Waals surface area contributed by atoms with E-state index in [0.29, 0.717) is 20.3 Å². The number of hydrogen-bond acceptors (Lipinski definition) is 4. The molecule has 4 atom stereocenters. The first-order chi connectivity index (χ1) is 18.4. The molecular weight excluding hydrogens is 612 g/mol. The molecule has 1 saturated carbocycles. The Morgan fingerprint density at radius 3 is 1.50 bits per heavy atom. The van der Waals surface area contributed by atoms with Gasteiger partial charge in [-0.25, -0.2) is 9.80 Å². The molecule has 8 rings (SSSR count). The van der Waals surface area contributed by atoms with Crippen molar-refractivity contribution in [2.75, 3.05) is 9.80 Å². The highest BCUT2D eigenvalue weighted by Gasteiger charge is 2.75. The van der Waals surface area contributed by atoms with Crippen LogP contribution in [0.3, 0.4) is 0 Å². The smallest absolute Gasteiger partial charge is 0.238 e. The van der Waals surface area contributed by atoms with Crippen molar-refractivity contribution in [2.24, 2.45) is 29.6 Å². The maximum atomic E-state index is 14.3. The lowest BCUT2D eigenvalue weighted by Crippen LogP contribution is -2.60. The second-order valence-electron chi connectivity index (χ2n) is 10.2.